The summed E-state index contributed by atoms with van der Waals surface area (Å²) >= 11 is 0. The fourth-order valence-electron chi connectivity index (χ4n) is 5.80. The van der Waals surface area contributed by atoms with E-state index >= 15 is 0 Å². The molecule has 0 bridgehead atoms. The molecule has 5 nitrogen and oxygen atoms in total. The Morgan fingerprint density at radius 3 is 2.00 bits per heavy atom. The van der Waals surface area contributed by atoms with Gasteiger partial charge in [0.1, 0.15) is 22.3 Å². The predicted molar refractivity (Wildman–Crippen MR) is 179 cm³/mol. The average Bonchev–Trinajstić information content (AvgIpc) is 3.65. The molecule has 5 aromatic carbocycles. The van der Waals surface area contributed by atoms with Gasteiger partial charge < -0.3 is 8.83 Å². The van der Waals surface area contributed by atoms with Crippen LogP contribution < -0.4 is 0 Å². The summed E-state index contributed by atoms with van der Waals surface area (Å²) in [5, 5.41) is 4.13. The molecule has 3 heterocycles. The van der Waals surface area contributed by atoms with E-state index in [1.54, 1.807) is 12.2 Å². The van der Waals surface area contributed by atoms with Crippen LogP contribution >= 0.6 is 0 Å². The van der Waals surface area contributed by atoms with Crippen LogP contribution in [0.4, 0.5) is 0 Å². The Morgan fingerprint density at radius 1 is 0.545 bits per heavy atom. The number of allylic oxidation sites excluding steroid dienone is 4. The number of aromatic nitrogens is 3. The lowest BCUT2D eigenvalue weighted by Gasteiger charge is -2.09. The van der Waals surface area contributed by atoms with Crippen LogP contribution in [0.3, 0.4) is 0 Å². The molecule has 8 aromatic rings. The predicted octanol–water partition coefficient (Wildman–Crippen LogP) is 10.4. The highest BCUT2D eigenvalue weighted by Crippen LogP contribution is 2.39. The lowest BCUT2D eigenvalue weighted by Crippen LogP contribution is -2.02. The number of para-hydroxylation sites is 1. The van der Waals surface area contributed by atoms with E-state index in [-0.39, 0.29) is 0 Å². The number of nitrogens with zero attached hydrogens (tertiary/aromatic N) is 3. The van der Waals surface area contributed by atoms with Gasteiger partial charge in [-0.25, -0.2) is 15.0 Å². The number of benzene rings is 5. The number of hydrogen-bond donors (Lipinski definition) is 0. The molecule has 0 aliphatic rings. The second-order valence-corrected chi connectivity index (χ2v) is 10.5. The lowest BCUT2D eigenvalue weighted by molar-refractivity contribution is 0.668. The van der Waals surface area contributed by atoms with Crippen molar-refractivity contribution in [3.8, 4) is 33.9 Å². The third-order valence-electron chi connectivity index (χ3n) is 7.89. The summed E-state index contributed by atoms with van der Waals surface area (Å²) in [5.41, 5.74) is 8.00. The first-order valence-corrected chi connectivity index (χ1v) is 14.3. The molecule has 0 aliphatic heterocycles. The average molecular weight is 568 g/mol. The molecule has 3 aromatic heterocycles. The molecule has 0 N–H and O–H groups in total. The Labute approximate surface area is 253 Å². The van der Waals surface area contributed by atoms with E-state index in [0.29, 0.717) is 17.5 Å². The highest BCUT2D eigenvalue weighted by molar-refractivity contribution is 6.13. The smallest absolute Gasteiger partial charge is 0.164 e. The van der Waals surface area contributed by atoms with Gasteiger partial charge in [0.05, 0.1) is 0 Å². The quantitative estimate of drug-likeness (QED) is 0.187. The van der Waals surface area contributed by atoms with Gasteiger partial charge in [0.15, 0.2) is 17.5 Å². The maximum Gasteiger partial charge on any atom is 0.164 e. The van der Waals surface area contributed by atoms with Gasteiger partial charge in [-0.1, -0.05) is 104 Å². The summed E-state index contributed by atoms with van der Waals surface area (Å²) < 4.78 is 12.4. The topological polar surface area (TPSA) is 65.0 Å². The molecule has 44 heavy (non-hydrogen) atoms. The first-order valence-electron chi connectivity index (χ1n) is 14.3. The van der Waals surface area contributed by atoms with Crippen molar-refractivity contribution in [2.24, 2.45) is 0 Å². The second kappa shape index (κ2) is 10.3. The van der Waals surface area contributed by atoms with Crippen molar-refractivity contribution in [2.45, 2.75) is 0 Å². The van der Waals surface area contributed by atoms with E-state index in [1.165, 1.54) is 0 Å². The van der Waals surface area contributed by atoms with E-state index in [2.05, 4.69) is 43.5 Å². The van der Waals surface area contributed by atoms with Crippen LogP contribution in [0.5, 0.6) is 0 Å². The minimum Gasteiger partial charge on any atom is -0.456 e. The van der Waals surface area contributed by atoms with Gasteiger partial charge in [-0.2, -0.15) is 0 Å². The summed E-state index contributed by atoms with van der Waals surface area (Å²) in [5.74, 6) is 1.65. The third-order valence-corrected chi connectivity index (χ3v) is 7.89. The first-order chi connectivity index (χ1) is 21.7. The van der Waals surface area contributed by atoms with Crippen molar-refractivity contribution < 1.29 is 8.83 Å². The van der Waals surface area contributed by atoms with Crippen molar-refractivity contribution in [1.29, 1.82) is 0 Å². The molecule has 0 spiro atoms. The van der Waals surface area contributed by atoms with Gasteiger partial charge in [-0.05, 0) is 47.5 Å². The number of furan rings is 2. The molecule has 0 saturated heterocycles. The standard InChI is InChI=1S/C39H25N3O2/c1-3-11-24(4-2)37-40-38(25-12-6-5-7-13-25)42-39(41-37)29-15-10-17-35-36(29)31-23-27(19-21-34(31)44-35)26-18-20-33-30(22-26)28-14-8-9-16-32(28)43-33/h3-23H,1-2H2/b24-11+. The highest BCUT2D eigenvalue weighted by Gasteiger charge is 2.18. The van der Waals surface area contributed by atoms with Crippen LogP contribution in [0, 0.1) is 0 Å². The Morgan fingerprint density at radius 2 is 1.20 bits per heavy atom. The Hall–Kier alpha value is -6.07. The van der Waals surface area contributed by atoms with E-state index in [1.807, 2.05) is 84.9 Å². The minimum atomic E-state index is 0.523. The maximum atomic E-state index is 6.35. The molecule has 5 heteroatoms. The highest BCUT2D eigenvalue weighted by atomic mass is 16.3. The van der Waals surface area contributed by atoms with E-state index in [0.717, 1.165) is 71.7 Å². The second-order valence-electron chi connectivity index (χ2n) is 10.5. The van der Waals surface area contributed by atoms with Crippen LogP contribution in [0.25, 0.3) is 83.4 Å². The summed E-state index contributed by atoms with van der Waals surface area (Å²) in [4.78, 5) is 14.7. The van der Waals surface area contributed by atoms with Gasteiger partial charge in [-0.15, -0.1) is 0 Å². The molecule has 0 aliphatic carbocycles. The molecular weight excluding hydrogens is 542 g/mol. The van der Waals surface area contributed by atoms with Gasteiger partial charge >= 0.3 is 0 Å². The molecule has 0 atom stereocenters. The first kappa shape index (κ1) is 25.6. The van der Waals surface area contributed by atoms with Crippen LogP contribution in [0.15, 0.2) is 149 Å². The van der Waals surface area contributed by atoms with Crippen molar-refractivity contribution in [1.82, 2.24) is 15.0 Å². The molecule has 0 fully saturated rings. The van der Waals surface area contributed by atoms with Crippen molar-refractivity contribution in [2.75, 3.05) is 0 Å². The lowest BCUT2D eigenvalue weighted by atomic mass is 9.99. The zero-order valence-corrected chi connectivity index (χ0v) is 23.7. The molecule has 208 valence electrons. The van der Waals surface area contributed by atoms with Gasteiger partial charge in [0.2, 0.25) is 0 Å². The van der Waals surface area contributed by atoms with Crippen LogP contribution in [-0.4, -0.2) is 15.0 Å². The van der Waals surface area contributed by atoms with Gasteiger partial charge in [-0.3, -0.25) is 0 Å². The van der Waals surface area contributed by atoms with E-state index in [4.69, 9.17) is 23.8 Å². The van der Waals surface area contributed by atoms with E-state index < -0.39 is 0 Å². The summed E-state index contributed by atoms with van der Waals surface area (Å²) in [6, 6.07) is 36.7. The number of rotatable bonds is 6. The van der Waals surface area contributed by atoms with Crippen LogP contribution in [-0.2, 0) is 0 Å². The molecular formula is C39H25N3O2. The Bertz CT molecular complexity index is 2430. The van der Waals surface area contributed by atoms with Crippen LogP contribution in [0.1, 0.15) is 5.82 Å². The molecule has 0 saturated carbocycles. The normalized spacial score (nSPS) is 12.0. The SMILES string of the molecule is C=C/C=C(\C=C)c1nc(-c2ccccc2)nc(-c2cccc3oc4ccc(-c5ccc6oc7ccccc7c6c5)cc4c23)n1. The molecule has 8 rings (SSSR count). The third kappa shape index (κ3) is 4.22. The fraction of sp³-hybridized carbons (Fsp3) is 0. The zero-order chi connectivity index (χ0) is 29.6. The summed E-state index contributed by atoms with van der Waals surface area (Å²) in [6.07, 6.45) is 5.29. The zero-order valence-electron chi connectivity index (χ0n) is 23.7. The maximum absolute atomic E-state index is 6.35. The molecule has 0 amide bonds. The number of fused-ring (bicyclic) bond motifs is 6. The van der Waals surface area contributed by atoms with Crippen molar-refractivity contribution >= 4 is 49.5 Å². The van der Waals surface area contributed by atoms with Gasteiger partial charge in [0.25, 0.3) is 0 Å². The molecule has 0 unspecified atom stereocenters. The minimum absolute atomic E-state index is 0.523. The van der Waals surface area contributed by atoms with Crippen molar-refractivity contribution in [3.05, 3.63) is 146 Å². The Balaban J connectivity index is 1.34. The monoisotopic (exact) mass is 567 g/mol. The Kier molecular flexibility index (Phi) is 6.02. The van der Waals surface area contributed by atoms with Crippen molar-refractivity contribution in [3.63, 3.8) is 0 Å². The van der Waals surface area contributed by atoms with E-state index in [9.17, 15) is 0 Å². The summed E-state index contributed by atoms with van der Waals surface area (Å²) in [6.45, 7) is 7.83. The van der Waals surface area contributed by atoms with Crippen LogP contribution in [0.2, 0.25) is 0 Å². The van der Waals surface area contributed by atoms with Gasteiger partial charge in [0, 0.05) is 38.2 Å². The number of hydrogen-bond acceptors (Lipinski definition) is 5. The summed E-state index contributed by atoms with van der Waals surface area (Å²) in [7, 11) is 0. The fourth-order valence-corrected chi connectivity index (χ4v) is 5.80. The molecule has 0 radical (unpaired) electrons. The largest absolute Gasteiger partial charge is 0.456 e.